The Hall–Kier alpha value is -1.62. The number of nitrogens with zero attached hydrogens (tertiary/aromatic N) is 1. The number of anilines is 1. The number of carbonyl (C=O) groups is 1. The fraction of sp³-hybridized carbons (Fsp3) is 0.500. The van der Waals surface area contributed by atoms with Gasteiger partial charge in [0, 0.05) is 18.8 Å². The third-order valence-corrected chi connectivity index (χ3v) is 4.08. The van der Waals surface area contributed by atoms with Crippen molar-refractivity contribution in [1.29, 1.82) is 0 Å². The number of nitrogens with one attached hydrogen (secondary N) is 1. The summed E-state index contributed by atoms with van der Waals surface area (Å²) < 4.78 is 5.12. The molecule has 1 atom stereocenters. The first-order chi connectivity index (χ1) is 10.1. The minimum absolute atomic E-state index is 0.0738. The van der Waals surface area contributed by atoms with Gasteiger partial charge in [-0.3, -0.25) is 4.79 Å². The molecule has 5 heteroatoms. The number of hydrogen-bond acceptors (Lipinski definition) is 3. The number of thiocarbonyl (C=S) groups is 1. The highest BCUT2D eigenvalue weighted by atomic mass is 32.1. The number of rotatable bonds is 3. The minimum atomic E-state index is -0.110. The summed E-state index contributed by atoms with van der Waals surface area (Å²) in [7, 11) is 0. The van der Waals surface area contributed by atoms with Crippen LogP contribution in [0.15, 0.2) is 24.3 Å². The lowest BCUT2D eigenvalue weighted by Gasteiger charge is -2.33. The van der Waals surface area contributed by atoms with Crippen LogP contribution in [0, 0.1) is 12.8 Å². The smallest absolute Gasteiger partial charge is 0.310 e. The Balaban J connectivity index is 1.96. The van der Waals surface area contributed by atoms with E-state index < -0.39 is 0 Å². The Kier molecular flexibility index (Phi) is 5.56. The largest absolute Gasteiger partial charge is 0.466 e. The quantitative estimate of drug-likeness (QED) is 0.687. The van der Waals surface area contributed by atoms with E-state index in [-0.39, 0.29) is 11.9 Å². The molecule has 1 N–H and O–H groups in total. The standard InChI is InChI=1S/C16H22N2O2S/c1-3-20-15(19)13-8-6-10-18(11-13)16(21)17-14-9-5-4-7-12(14)2/h4-5,7,9,13H,3,6,8,10-11H2,1-2H3,(H,17,21)/t13-/m1/s1. The number of ether oxygens (including phenoxy) is 1. The van der Waals surface area contributed by atoms with Gasteiger partial charge in [0.25, 0.3) is 0 Å². The van der Waals surface area contributed by atoms with Gasteiger partial charge in [-0.25, -0.2) is 0 Å². The van der Waals surface area contributed by atoms with Gasteiger partial charge in [-0.2, -0.15) is 0 Å². The predicted molar refractivity (Wildman–Crippen MR) is 88.3 cm³/mol. The van der Waals surface area contributed by atoms with Gasteiger partial charge in [-0.1, -0.05) is 18.2 Å². The second kappa shape index (κ2) is 7.41. The van der Waals surface area contributed by atoms with Crippen LogP contribution in [0.3, 0.4) is 0 Å². The van der Waals surface area contributed by atoms with Crippen molar-refractivity contribution >= 4 is 29.0 Å². The molecule has 114 valence electrons. The molecule has 0 aromatic heterocycles. The molecule has 0 aliphatic carbocycles. The average Bonchev–Trinajstić information content (AvgIpc) is 2.50. The maximum atomic E-state index is 11.9. The second-order valence-corrected chi connectivity index (χ2v) is 5.67. The number of para-hydroxylation sites is 1. The normalized spacial score (nSPS) is 18.2. The molecule has 4 nitrogen and oxygen atoms in total. The molecule has 0 amide bonds. The zero-order chi connectivity index (χ0) is 15.2. The van der Waals surface area contributed by atoms with E-state index in [1.807, 2.05) is 38.1 Å². The van der Waals surface area contributed by atoms with Gasteiger partial charge in [0.1, 0.15) is 0 Å². The summed E-state index contributed by atoms with van der Waals surface area (Å²) in [5.41, 5.74) is 2.17. The molecule has 1 aromatic rings. The number of esters is 1. The van der Waals surface area contributed by atoms with Crippen molar-refractivity contribution in [3.63, 3.8) is 0 Å². The molecule has 1 saturated heterocycles. The highest BCUT2D eigenvalue weighted by Crippen LogP contribution is 2.20. The SMILES string of the molecule is CCOC(=O)[C@@H]1CCCN(C(=S)Nc2ccccc2C)C1. The Morgan fingerprint density at radius 3 is 2.95 bits per heavy atom. The van der Waals surface area contributed by atoms with Gasteiger partial charge in [-0.15, -0.1) is 0 Å². The molecule has 0 saturated carbocycles. The molecular weight excluding hydrogens is 284 g/mol. The monoisotopic (exact) mass is 306 g/mol. The van der Waals surface area contributed by atoms with Crippen molar-refractivity contribution in [2.24, 2.45) is 5.92 Å². The van der Waals surface area contributed by atoms with Crippen molar-refractivity contribution < 1.29 is 9.53 Å². The van der Waals surface area contributed by atoms with Crippen molar-refractivity contribution in [3.05, 3.63) is 29.8 Å². The first-order valence-corrected chi connectivity index (χ1v) is 7.80. The van der Waals surface area contributed by atoms with E-state index in [0.717, 1.165) is 30.6 Å². The molecule has 0 unspecified atom stereocenters. The van der Waals surface area contributed by atoms with Crippen LogP contribution in [0.1, 0.15) is 25.3 Å². The van der Waals surface area contributed by atoms with Gasteiger partial charge in [-0.05, 0) is 50.5 Å². The van der Waals surface area contributed by atoms with E-state index in [1.165, 1.54) is 0 Å². The Bertz CT molecular complexity index is 519. The van der Waals surface area contributed by atoms with Crippen molar-refractivity contribution in [2.45, 2.75) is 26.7 Å². The molecule has 1 aromatic carbocycles. The van der Waals surface area contributed by atoms with Crippen molar-refractivity contribution in [1.82, 2.24) is 4.90 Å². The third-order valence-electron chi connectivity index (χ3n) is 3.72. The van der Waals surface area contributed by atoms with E-state index in [9.17, 15) is 4.79 Å². The van der Waals surface area contributed by atoms with Gasteiger partial charge < -0.3 is 15.0 Å². The summed E-state index contributed by atoms with van der Waals surface area (Å²) in [6.45, 7) is 5.83. The maximum Gasteiger partial charge on any atom is 0.310 e. The number of hydrogen-bond donors (Lipinski definition) is 1. The summed E-state index contributed by atoms with van der Waals surface area (Å²) in [6.07, 6.45) is 1.83. The molecule has 1 fully saturated rings. The maximum absolute atomic E-state index is 11.9. The van der Waals surface area contributed by atoms with E-state index >= 15 is 0 Å². The van der Waals surface area contributed by atoms with Gasteiger partial charge >= 0.3 is 5.97 Å². The molecule has 1 aliphatic rings. The fourth-order valence-corrected chi connectivity index (χ4v) is 2.80. The molecule has 0 bridgehead atoms. The Labute approximate surface area is 131 Å². The lowest BCUT2D eigenvalue weighted by atomic mass is 9.98. The van der Waals surface area contributed by atoms with Crippen LogP contribution in [-0.2, 0) is 9.53 Å². The van der Waals surface area contributed by atoms with Crippen LogP contribution in [0.25, 0.3) is 0 Å². The zero-order valence-corrected chi connectivity index (χ0v) is 13.4. The number of benzene rings is 1. The average molecular weight is 306 g/mol. The first-order valence-electron chi connectivity index (χ1n) is 7.40. The lowest BCUT2D eigenvalue weighted by Crippen LogP contribution is -2.44. The summed E-state index contributed by atoms with van der Waals surface area (Å²) in [4.78, 5) is 13.9. The van der Waals surface area contributed by atoms with Gasteiger partial charge in [0.05, 0.1) is 12.5 Å². The van der Waals surface area contributed by atoms with Crippen molar-refractivity contribution in [2.75, 3.05) is 25.0 Å². The molecular formula is C16H22N2O2S. The van der Waals surface area contributed by atoms with Crippen LogP contribution in [-0.4, -0.2) is 35.7 Å². The summed E-state index contributed by atoms with van der Waals surface area (Å²) in [5.74, 6) is -0.184. The van der Waals surface area contributed by atoms with E-state index in [0.29, 0.717) is 18.3 Å². The fourth-order valence-electron chi connectivity index (χ4n) is 2.52. The first kappa shape index (κ1) is 15.8. The number of piperidine rings is 1. The molecule has 1 heterocycles. The highest BCUT2D eigenvalue weighted by molar-refractivity contribution is 7.80. The predicted octanol–water partition coefficient (Wildman–Crippen LogP) is 2.97. The van der Waals surface area contributed by atoms with E-state index in [2.05, 4.69) is 10.2 Å². The van der Waals surface area contributed by atoms with Gasteiger partial charge in [0.15, 0.2) is 5.11 Å². The summed E-state index contributed by atoms with van der Waals surface area (Å²) in [5, 5.41) is 3.96. The van der Waals surface area contributed by atoms with Crippen LogP contribution in [0.2, 0.25) is 0 Å². The summed E-state index contributed by atoms with van der Waals surface area (Å²) in [6, 6.07) is 8.04. The number of aryl methyl sites for hydroxylation is 1. The number of carbonyl (C=O) groups excluding carboxylic acids is 1. The second-order valence-electron chi connectivity index (χ2n) is 5.28. The van der Waals surface area contributed by atoms with Crippen LogP contribution >= 0.6 is 12.2 Å². The highest BCUT2D eigenvalue weighted by Gasteiger charge is 2.28. The minimum Gasteiger partial charge on any atom is -0.466 e. The van der Waals surface area contributed by atoms with Gasteiger partial charge in [0.2, 0.25) is 0 Å². The van der Waals surface area contributed by atoms with Crippen LogP contribution in [0.4, 0.5) is 5.69 Å². The Morgan fingerprint density at radius 2 is 2.24 bits per heavy atom. The third kappa shape index (κ3) is 4.17. The molecule has 0 spiro atoms. The molecule has 1 aliphatic heterocycles. The van der Waals surface area contributed by atoms with E-state index in [4.69, 9.17) is 17.0 Å². The van der Waals surface area contributed by atoms with Crippen LogP contribution < -0.4 is 5.32 Å². The zero-order valence-electron chi connectivity index (χ0n) is 12.6. The molecule has 2 rings (SSSR count). The number of likely N-dealkylation sites (tertiary alicyclic amines) is 1. The van der Waals surface area contributed by atoms with Crippen molar-refractivity contribution in [3.8, 4) is 0 Å². The van der Waals surface area contributed by atoms with E-state index in [1.54, 1.807) is 0 Å². The van der Waals surface area contributed by atoms with Crippen LogP contribution in [0.5, 0.6) is 0 Å². The molecule has 0 radical (unpaired) electrons. The Morgan fingerprint density at radius 1 is 1.48 bits per heavy atom. The molecule has 21 heavy (non-hydrogen) atoms. The summed E-state index contributed by atoms with van der Waals surface area (Å²) >= 11 is 5.48. The topological polar surface area (TPSA) is 41.6 Å². The lowest BCUT2D eigenvalue weighted by molar-refractivity contribution is -0.149.